The zero-order chi connectivity index (χ0) is 10.8. The van der Waals surface area contributed by atoms with E-state index >= 15 is 0 Å². The van der Waals surface area contributed by atoms with Crippen molar-refractivity contribution in [3.05, 3.63) is 23.2 Å². The topological polar surface area (TPSA) is 46.8 Å². The molecular formula is C9H13N5S. The van der Waals surface area contributed by atoms with Crippen LogP contribution in [0.1, 0.15) is 10.8 Å². The lowest BCUT2D eigenvalue weighted by atomic mass is 10.5. The first kappa shape index (κ1) is 10.1. The highest BCUT2D eigenvalue weighted by atomic mass is 32.1. The van der Waals surface area contributed by atoms with E-state index in [0.29, 0.717) is 0 Å². The molecule has 0 atom stereocenters. The third-order valence-electron chi connectivity index (χ3n) is 2.14. The molecule has 0 amide bonds. The van der Waals surface area contributed by atoms with E-state index in [1.807, 2.05) is 36.7 Å². The molecule has 2 aromatic heterocycles. The van der Waals surface area contributed by atoms with Gasteiger partial charge in [0.15, 0.2) is 0 Å². The van der Waals surface area contributed by atoms with Crippen molar-refractivity contribution in [1.29, 1.82) is 0 Å². The van der Waals surface area contributed by atoms with Gasteiger partial charge >= 0.3 is 0 Å². The first-order valence-electron chi connectivity index (χ1n) is 4.64. The smallest absolute Gasteiger partial charge is 0.208 e. The van der Waals surface area contributed by atoms with Gasteiger partial charge in [-0.1, -0.05) is 11.3 Å². The van der Waals surface area contributed by atoms with Crippen molar-refractivity contribution in [2.45, 2.75) is 13.5 Å². The molecule has 0 aliphatic rings. The maximum absolute atomic E-state index is 4.27. The van der Waals surface area contributed by atoms with E-state index in [0.717, 1.165) is 22.5 Å². The number of hydrogen-bond acceptors (Lipinski definition) is 5. The minimum absolute atomic E-state index is 0.748. The van der Waals surface area contributed by atoms with Gasteiger partial charge in [-0.2, -0.15) is 0 Å². The Bertz CT molecular complexity index is 447. The Morgan fingerprint density at radius 2 is 2.27 bits per heavy atom. The molecule has 2 heterocycles. The normalized spacial score (nSPS) is 10.6. The molecule has 0 spiro atoms. The number of nitrogens with zero attached hydrogens (tertiary/aromatic N) is 5. The van der Waals surface area contributed by atoms with Crippen molar-refractivity contribution < 1.29 is 0 Å². The lowest BCUT2D eigenvalue weighted by Crippen LogP contribution is -2.18. The Morgan fingerprint density at radius 3 is 2.80 bits per heavy atom. The van der Waals surface area contributed by atoms with Crippen LogP contribution in [0.15, 0.2) is 12.4 Å². The summed E-state index contributed by atoms with van der Waals surface area (Å²) < 4.78 is 2.00. The van der Waals surface area contributed by atoms with Crippen LogP contribution in [-0.2, 0) is 13.6 Å². The number of aromatic nitrogens is 4. The monoisotopic (exact) mass is 223 g/mol. The largest absolute Gasteiger partial charge is 0.342 e. The third-order valence-corrected chi connectivity index (χ3v) is 3.09. The number of aryl methyl sites for hydroxylation is 2. The predicted octanol–water partition coefficient (Wildman–Crippen LogP) is 1.22. The number of anilines is 1. The Morgan fingerprint density at radius 1 is 1.47 bits per heavy atom. The molecule has 80 valence electrons. The molecule has 0 radical (unpaired) electrons. The maximum atomic E-state index is 4.27. The van der Waals surface area contributed by atoms with Gasteiger partial charge in [-0.15, -0.1) is 10.2 Å². The van der Waals surface area contributed by atoms with E-state index in [2.05, 4.69) is 15.2 Å². The molecule has 2 rings (SSSR count). The summed E-state index contributed by atoms with van der Waals surface area (Å²) in [6.07, 6.45) is 3.74. The van der Waals surface area contributed by atoms with Crippen LogP contribution < -0.4 is 4.90 Å². The van der Waals surface area contributed by atoms with Crippen LogP contribution >= 0.6 is 11.3 Å². The highest BCUT2D eigenvalue weighted by Crippen LogP contribution is 2.19. The first-order valence-corrected chi connectivity index (χ1v) is 5.46. The summed E-state index contributed by atoms with van der Waals surface area (Å²) in [7, 11) is 3.98. The molecule has 0 aromatic carbocycles. The Kier molecular flexibility index (Phi) is 2.68. The van der Waals surface area contributed by atoms with Gasteiger partial charge in [0.2, 0.25) is 5.13 Å². The van der Waals surface area contributed by atoms with Crippen molar-refractivity contribution in [2.75, 3.05) is 11.9 Å². The number of imidazole rings is 1. The van der Waals surface area contributed by atoms with Crippen LogP contribution in [0, 0.1) is 6.92 Å². The SMILES string of the molecule is Cc1nnc(N(C)Cc2nccn2C)s1. The average Bonchev–Trinajstić information content (AvgIpc) is 2.77. The molecule has 0 unspecified atom stereocenters. The van der Waals surface area contributed by atoms with Crippen LogP contribution in [-0.4, -0.2) is 26.8 Å². The lowest BCUT2D eigenvalue weighted by molar-refractivity contribution is 0.756. The van der Waals surface area contributed by atoms with Crippen LogP contribution in [0.5, 0.6) is 0 Å². The predicted molar refractivity (Wildman–Crippen MR) is 60.0 cm³/mol. The molecule has 0 aliphatic carbocycles. The summed E-state index contributed by atoms with van der Waals surface area (Å²) in [6, 6.07) is 0. The molecule has 5 nitrogen and oxygen atoms in total. The van der Waals surface area contributed by atoms with Crippen molar-refractivity contribution in [1.82, 2.24) is 19.7 Å². The van der Waals surface area contributed by atoms with Crippen molar-refractivity contribution >= 4 is 16.5 Å². The van der Waals surface area contributed by atoms with E-state index in [1.165, 1.54) is 0 Å². The van der Waals surface area contributed by atoms with E-state index in [1.54, 1.807) is 17.5 Å². The zero-order valence-corrected chi connectivity index (χ0v) is 9.82. The van der Waals surface area contributed by atoms with Gasteiger partial charge in [0.1, 0.15) is 10.8 Å². The molecule has 0 N–H and O–H groups in total. The van der Waals surface area contributed by atoms with Crippen LogP contribution in [0.4, 0.5) is 5.13 Å². The fraction of sp³-hybridized carbons (Fsp3) is 0.444. The summed E-state index contributed by atoms with van der Waals surface area (Å²) in [5.41, 5.74) is 0. The minimum atomic E-state index is 0.748. The fourth-order valence-corrected chi connectivity index (χ4v) is 1.92. The molecule has 0 saturated carbocycles. The standard InChI is InChI=1S/C9H13N5S/c1-7-11-12-9(15-7)14(3)6-8-10-4-5-13(8)2/h4-5H,6H2,1-3H3. The minimum Gasteiger partial charge on any atom is -0.342 e. The van der Waals surface area contributed by atoms with Crippen LogP contribution in [0.2, 0.25) is 0 Å². The average molecular weight is 223 g/mol. The molecule has 0 fully saturated rings. The fourth-order valence-electron chi connectivity index (χ4n) is 1.27. The van der Waals surface area contributed by atoms with Gasteiger partial charge in [0.25, 0.3) is 0 Å². The van der Waals surface area contributed by atoms with Crippen molar-refractivity contribution in [3.8, 4) is 0 Å². The molecule has 15 heavy (non-hydrogen) atoms. The van der Waals surface area contributed by atoms with E-state index in [4.69, 9.17) is 0 Å². The van der Waals surface area contributed by atoms with Crippen LogP contribution in [0.25, 0.3) is 0 Å². The highest BCUT2D eigenvalue weighted by Gasteiger charge is 2.09. The van der Waals surface area contributed by atoms with Gasteiger partial charge in [-0.05, 0) is 6.92 Å². The molecule has 0 aliphatic heterocycles. The number of hydrogen-bond donors (Lipinski definition) is 0. The first-order chi connectivity index (χ1) is 7.16. The van der Waals surface area contributed by atoms with E-state index in [-0.39, 0.29) is 0 Å². The van der Waals surface area contributed by atoms with E-state index in [9.17, 15) is 0 Å². The molecule has 2 aromatic rings. The Balaban J connectivity index is 2.10. The molecule has 0 saturated heterocycles. The summed E-state index contributed by atoms with van der Waals surface area (Å²) in [5, 5.41) is 9.98. The summed E-state index contributed by atoms with van der Waals surface area (Å²) >= 11 is 1.59. The molecule has 6 heteroatoms. The van der Waals surface area contributed by atoms with Gasteiger partial charge in [-0.3, -0.25) is 0 Å². The van der Waals surface area contributed by atoms with Gasteiger partial charge in [-0.25, -0.2) is 4.98 Å². The second-order valence-electron chi connectivity index (χ2n) is 3.41. The second-order valence-corrected chi connectivity index (χ2v) is 4.57. The van der Waals surface area contributed by atoms with Gasteiger partial charge in [0, 0.05) is 26.5 Å². The second kappa shape index (κ2) is 3.98. The van der Waals surface area contributed by atoms with Crippen molar-refractivity contribution in [2.24, 2.45) is 7.05 Å². The molecular weight excluding hydrogens is 210 g/mol. The summed E-state index contributed by atoms with van der Waals surface area (Å²) in [4.78, 5) is 6.31. The van der Waals surface area contributed by atoms with E-state index < -0.39 is 0 Å². The number of rotatable bonds is 3. The maximum Gasteiger partial charge on any atom is 0.208 e. The highest BCUT2D eigenvalue weighted by molar-refractivity contribution is 7.15. The van der Waals surface area contributed by atoms with Crippen molar-refractivity contribution in [3.63, 3.8) is 0 Å². The van der Waals surface area contributed by atoms with Gasteiger partial charge < -0.3 is 9.47 Å². The Labute approximate surface area is 92.4 Å². The zero-order valence-electron chi connectivity index (χ0n) is 9.01. The quantitative estimate of drug-likeness (QED) is 0.785. The Hall–Kier alpha value is -1.43. The summed E-state index contributed by atoms with van der Waals surface area (Å²) in [6.45, 7) is 2.70. The lowest BCUT2D eigenvalue weighted by Gasteiger charge is -2.14. The third kappa shape index (κ3) is 2.15. The van der Waals surface area contributed by atoms with Gasteiger partial charge in [0.05, 0.1) is 6.54 Å². The molecule has 0 bridgehead atoms. The van der Waals surface area contributed by atoms with Crippen LogP contribution in [0.3, 0.4) is 0 Å². The summed E-state index contributed by atoms with van der Waals surface area (Å²) in [5.74, 6) is 1.02.